The lowest BCUT2D eigenvalue weighted by Crippen LogP contribution is -2.18. The number of hydrogen-bond acceptors (Lipinski definition) is 3. The number of carbonyl (C=O) groups excluding carboxylic acids is 2. The summed E-state index contributed by atoms with van der Waals surface area (Å²) >= 11 is 0. The molecule has 0 radical (unpaired) electrons. The fraction of sp³-hybridized carbons (Fsp3) is 0.0556. The van der Waals surface area contributed by atoms with Crippen LogP contribution in [0.1, 0.15) is 20.7 Å². The van der Waals surface area contributed by atoms with Gasteiger partial charge < -0.3 is 10.6 Å². The number of rotatable bonds is 3. The maximum atomic E-state index is 12.5. The van der Waals surface area contributed by atoms with Crippen LogP contribution in [0.2, 0.25) is 0 Å². The first-order valence-electron chi connectivity index (χ1n) is 7.16. The van der Waals surface area contributed by atoms with Gasteiger partial charge in [-0.05, 0) is 30.3 Å². The third kappa shape index (κ3) is 3.03. The van der Waals surface area contributed by atoms with E-state index in [0.29, 0.717) is 22.3 Å². The Balaban J connectivity index is 1.91. The van der Waals surface area contributed by atoms with E-state index in [0.717, 1.165) is 5.39 Å². The summed E-state index contributed by atoms with van der Waals surface area (Å²) in [4.78, 5) is 28.5. The van der Waals surface area contributed by atoms with Crippen LogP contribution in [-0.2, 0) is 0 Å². The lowest BCUT2D eigenvalue weighted by molar-refractivity contribution is 0.0961. The monoisotopic (exact) mass is 305 g/mol. The first-order chi connectivity index (χ1) is 11.2. The number of aromatic nitrogens is 1. The van der Waals surface area contributed by atoms with Crippen LogP contribution in [0.15, 0.2) is 60.8 Å². The van der Waals surface area contributed by atoms with Gasteiger partial charge >= 0.3 is 0 Å². The van der Waals surface area contributed by atoms with Gasteiger partial charge in [0.25, 0.3) is 11.8 Å². The molecule has 2 N–H and O–H groups in total. The van der Waals surface area contributed by atoms with Gasteiger partial charge in [-0.15, -0.1) is 0 Å². The summed E-state index contributed by atoms with van der Waals surface area (Å²) in [6, 6.07) is 16.0. The molecule has 0 unspecified atom stereocenters. The van der Waals surface area contributed by atoms with Crippen molar-refractivity contribution in [3.8, 4) is 0 Å². The van der Waals surface area contributed by atoms with Crippen LogP contribution in [0, 0.1) is 0 Å². The quantitative estimate of drug-likeness (QED) is 0.781. The molecule has 0 fully saturated rings. The second-order valence-electron chi connectivity index (χ2n) is 4.99. The van der Waals surface area contributed by atoms with Crippen molar-refractivity contribution < 1.29 is 9.59 Å². The van der Waals surface area contributed by atoms with Crippen molar-refractivity contribution in [2.24, 2.45) is 0 Å². The van der Waals surface area contributed by atoms with Crippen LogP contribution < -0.4 is 10.6 Å². The molecule has 2 amide bonds. The summed E-state index contributed by atoms with van der Waals surface area (Å²) in [6.45, 7) is 0. The van der Waals surface area contributed by atoms with Gasteiger partial charge in [0.05, 0.1) is 11.1 Å². The largest absolute Gasteiger partial charge is 0.355 e. The Morgan fingerprint density at radius 1 is 0.957 bits per heavy atom. The number of para-hydroxylation sites is 1. The number of anilines is 1. The number of nitrogens with one attached hydrogen (secondary N) is 2. The van der Waals surface area contributed by atoms with E-state index < -0.39 is 0 Å². The van der Waals surface area contributed by atoms with Crippen LogP contribution in [0.5, 0.6) is 0 Å². The summed E-state index contributed by atoms with van der Waals surface area (Å²) in [5.74, 6) is -0.462. The van der Waals surface area contributed by atoms with Crippen molar-refractivity contribution in [2.75, 3.05) is 12.4 Å². The zero-order valence-electron chi connectivity index (χ0n) is 12.5. The van der Waals surface area contributed by atoms with Crippen LogP contribution >= 0.6 is 0 Å². The molecule has 1 aromatic heterocycles. The van der Waals surface area contributed by atoms with E-state index >= 15 is 0 Å². The average Bonchev–Trinajstić information content (AvgIpc) is 2.60. The summed E-state index contributed by atoms with van der Waals surface area (Å²) in [7, 11) is 1.56. The SMILES string of the molecule is CNC(=O)c1cccc(NC(=O)c2cccc3cccnc23)c1. The summed E-state index contributed by atoms with van der Waals surface area (Å²) in [6.07, 6.45) is 1.66. The molecule has 3 aromatic rings. The normalized spacial score (nSPS) is 10.3. The van der Waals surface area contributed by atoms with E-state index in [1.165, 1.54) is 0 Å². The van der Waals surface area contributed by atoms with Crippen LogP contribution in [0.4, 0.5) is 5.69 Å². The molecule has 3 rings (SSSR count). The van der Waals surface area contributed by atoms with Gasteiger partial charge in [-0.25, -0.2) is 0 Å². The molecule has 0 aliphatic rings. The number of pyridine rings is 1. The second-order valence-corrected chi connectivity index (χ2v) is 4.99. The van der Waals surface area contributed by atoms with E-state index in [2.05, 4.69) is 15.6 Å². The number of carbonyl (C=O) groups is 2. The fourth-order valence-corrected chi connectivity index (χ4v) is 2.37. The second kappa shape index (κ2) is 6.27. The first-order valence-corrected chi connectivity index (χ1v) is 7.16. The first kappa shape index (κ1) is 14.7. The molecule has 0 spiro atoms. The molecule has 0 aliphatic carbocycles. The number of amides is 2. The molecule has 5 heteroatoms. The molecule has 114 valence electrons. The van der Waals surface area contributed by atoms with Crippen molar-refractivity contribution in [3.63, 3.8) is 0 Å². The van der Waals surface area contributed by atoms with Crippen molar-refractivity contribution in [2.45, 2.75) is 0 Å². The summed E-state index contributed by atoms with van der Waals surface area (Å²) in [5.41, 5.74) is 2.19. The standard InChI is InChI=1S/C18H15N3O2/c1-19-17(22)13-6-2-8-14(11-13)21-18(23)15-9-3-5-12-7-4-10-20-16(12)15/h2-11H,1H3,(H,19,22)(H,21,23). The molecular weight excluding hydrogens is 290 g/mol. The van der Waals surface area contributed by atoms with Gasteiger partial charge in [-0.3, -0.25) is 14.6 Å². The lowest BCUT2D eigenvalue weighted by Gasteiger charge is -2.08. The molecule has 0 saturated heterocycles. The Kier molecular flexibility index (Phi) is 4.01. The fourth-order valence-electron chi connectivity index (χ4n) is 2.37. The van der Waals surface area contributed by atoms with Crippen molar-refractivity contribution >= 4 is 28.4 Å². The molecule has 0 saturated carbocycles. The topological polar surface area (TPSA) is 71.1 Å². The molecule has 5 nitrogen and oxygen atoms in total. The molecular formula is C18H15N3O2. The highest BCUT2D eigenvalue weighted by Crippen LogP contribution is 2.18. The van der Waals surface area contributed by atoms with Gasteiger partial charge in [-0.1, -0.05) is 24.3 Å². The van der Waals surface area contributed by atoms with E-state index in [4.69, 9.17) is 0 Å². The summed E-state index contributed by atoms with van der Waals surface area (Å²) < 4.78 is 0. The maximum Gasteiger partial charge on any atom is 0.257 e. The molecule has 0 aliphatic heterocycles. The number of nitrogens with zero attached hydrogens (tertiary/aromatic N) is 1. The van der Waals surface area contributed by atoms with Crippen LogP contribution in [-0.4, -0.2) is 23.8 Å². The van der Waals surface area contributed by atoms with Crippen LogP contribution in [0.3, 0.4) is 0 Å². The zero-order chi connectivity index (χ0) is 16.2. The number of fused-ring (bicyclic) bond motifs is 1. The van der Waals surface area contributed by atoms with E-state index in [9.17, 15) is 9.59 Å². The minimum Gasteiger partial charge on any atom is -0.355 e. The van der Waals surface area contributed by atoms with Gasteiger partial charge in [-0.2, -0.15) is 0 Å². The molecule has 0 bridgehead atoms. The van der Waals surface area contributed by atoms with Crippen molar-refractivity contribution in [1.82, 2.24) is 10.3 Å². The Labute approximate surface area is 133 Å². The minimum atomic E-state index is -0.261. The van der Waals surface area contributed by atoms with Crippen molar-refractivity contribution in [1.29, 1.82) is 0 Å². The highest BCUT2D eigenvalue weighted by atomic mass is 16.2. The third-order valence-electron chi connectivity index (χ3n) is 3.49. The molecule has 23 heavy (non-hydrogen) atoms. The Hall–Kier alpha value is -3.21. The smallest absolute Gasteiger partial charge is 0.257 e. The Morgan fingerprint density at radius 2 is 1.74 bits per heavy atom. The van der Waals surface area contributed by atoms with E-state index in [1.807, 2.05) is 24.3 Å². The predicted molar refractivity (Wildman–Crippen MR) is 89.5 cm³/mol. The lowest BCUT2D eigenvalue weighted by atomic mass is 10.1. The van der Waals surface area contributed by atoms with Gasteiger partial charge in [0.2, 0.25) is 0 Å². The summed E-state index contributed by atoms with van der Waals surface area (Å²) in [5, 5.41) is 6.27. The Bertz CT molecular complexity index is 885. The Morgan fingerprint density at radius 3 is 2.57 bits per heavy atom. The molecule has 0 atom stereocenters. The minimum absolute atomic E-state index is 0.201. The highest BCUT2D eigenvalue weighted by Gasteiger charge is 2.12. The molecule has 1 heterocycles. The van der Waals surface area contributed by atoms with Crippen LogP contribution in [0.25, 0.3) is 10.9 Å². The number of hydrogen-bond donors (Lipinski definition) is 2. The number of benzene rings is 2. The van der Waals surface area contributed by atoms with Gasteiger partial charge in [0.15, 0.2) is 0 Å². The highest BCUT2D eigenvalue weighted by molar-refractivity contribution is 6.12. The van der Waals surface area contributed by atoms with Gasteiger partial charge in [0, 0.05) is 29.9 Å². The van der Waals surface area contributed by atoms with Gasteiger partial charge in [0.1, 0.15) is 0 Å². The predicted octanol–water partition coefficient (Wildman–Crippen LogP) is 2.85. The maximum absolute atomic E-state index is 12.5. The third-order valence-corrected chi connectivity index (χ3v) is 3.49. The van der Waals surface area contributed by atoms with E-state index in [1.54, 1.807) is 43.6 Å². The van der Waals surface area contributed by atoms with Crippen molar-refractivity contribution in [3.05, 3.63) is 71.9 Å². The average molecular weight is 305 g/mol. The van der Waals surface area contributed by atoms with E-state index in [-0.39, 0.29) is 11.8 Å². The zero-order valence-corrected chi connectivity index (χ0v) is 12.5. The molecule has 2 aromatic carbocycles.